The van der Waals surface area contributed by atoms with Crippen molar-refractivity contribution < 1.29 is 14.0 Å². The Kier molecular flexibility index (Phi) is 5.57. The number of carbonyl (C=O) groups is 2. The minimum Gasteiger partial charge on any atom is -0.352 e. The summed E-state index contributed by atoms with van der Waals surface area (Å²) >= 11 is 6.06. The number of rotatable bonds is 4. The van der Waals surface area contributed by atoms with Gasteiger partial charge in [-0.25, -0.2) is 4.39 Å². The molecule has 2 N–H and O–H groups in total. The molecule has 0 aliphatic carbocycles. The highest BCUT2D eigenvalue weighted by Crippen LogP contribution is 2.25. The van der Waals surface area contributed by atoms with E-state index in [1.165, 1.54) is 12.1 Å². The van der Waals surface area contributed by atoms with Crippen LogP contribution in [-0.4, -0.2) is 18.4 Å². The summed E-state index contributed by atoms with van der Waals surface area (Å²) in [4.78, 5) is 24.3. The van der Waals surface area contributed by atoms with Crippen LogP contribution in [0.5, 0.6) is 0 Å². The lowest BCUT2D eigenvalue weighted by Gasteiger charge is -2.12. The van der Waals surface area contributed by atoms with Crippen LogP contribution < -0.4 is 10.6 Å². The molecule has 4 nitrogen and oxygen atoms in total. The van der Waals surface area contributed by atoms with Crippen molar-refractivity contribution in [2.75, 3.05) is 11.9 Å². The molecule has 0 unspecified atom stereocenters. The van der Waals surface area contributed by atoms with E-state index in [1.807, 2.05) is 6.92 Å². The van der Waals surface area contributed by atoms with Crippen LogP contribution >= 0.6 is 11.6 Å². The summed E-state index contributed by atoms with van der Waals surface area (Å²) in [5.74, 6) is -1.59. The highest BCUT2D eigenvalue weighted by molar-refractivity contribution is 6.35. The Morgan fingerprint density at radius 3 is 2.42 bits per heavy atom. The molecule has 0 bridgehead atoms. The van der Waals surface area contributed by atoms with Crippen LogP contribution in [0.25, 0.3) is 0 Å². The van der Waals surface area contributed by atoms with E-state index in [1.54, 1.807) is 32.0 Å². The fraction of sp³-hybridized carbons (Fsp3) is 0.222. The summed E-state index contributed by atoms with van der Waals surface area (Å²) in [5, 5.41) is 5.39. The van der Waals surface area contributed by atoms with Gasteiger partial charge in [0.2, 0.25) is 0 Å². The zero-order valence-corrected chi connectivity index (χ0v) is 14.4. The number of hydrogen-bond donors (Lipinski definition) is 2. The first-order valence-electron chi connectivity index (χ1n) is 7.50. The van der Waals surface area contributed by atoms with Gasteiger partial charge in [0.25, 0.3) is 11.8 Å². The summed E-state index contributed by atoms with van der Waals surface area (Å²) < 4.78 is 14.0. The first-order chi connectivity index (χ1) is 11.3. The van der Waals surface area contributed by atoms with Crippen molar-refractivity contribution in [2.45, 2.75) is 20.8 Å². The summed E-state index contributed by atoms with van der Waals surface area (Å²) in [6.07, 6.45) is 0. The van der Waals surface area contributed by atoms with Crippen LogP contribution in [0.15, 0.2) is 30.3 Å². The van der Waals surface area contributed by atoms with E-state index in [0.29, 0.717) is 23.4 Å². The highest BCUT2D eigenvalue weighted by Gasteiger charge is 2.19. The van der Waals surface area contributed by atoms with Crippen LogP contribution in [0.2, 0.25) is 5.02 Å². The summed E-state index contributed by atoms with van der Waals surface area (Å²) in [6, 6.07) is 7.65. The first-order valence-corrected chi connectivity index (χ1v) is 7.87. The Balaban J connectivity index is 2.34. The van der Waals surface area contributed by atoms with E-state index in [2.05, 4.69) is 10.6 Å². The Morgan fingerprint density at radius 1 is 1.08 bits per heavy atom. The zero-order valence-electron chi connectivity index (χ0n) is 13.7. The molecule has 6 heteroatoms. The second kappa shape index (κ2) is 7.45. The maximum absolute atomic E-state index is 14.0. The van der Waals surface area contributed by atoms with Crippen molar-refractivity contribution in [3.05, 3.63) is 63.4 Å². The standard InChI is InChI=1S/C18H18ClFN2O2/c1-4-21-17(23)12-7-5-10(2)14(9-12)22-18(24)15-13(20)8-6-11(3)16(15)19/h5-9H,4H2,1-3H3,(H,21,23)(H,22,24). The third-order valence-electron chi connectivity index (χ3n) is 3.60. The van der Waals surface area contributed by atoms with E-state index < -0.39 is 11.7 Å². The topological polar surface area (TPSA) is 58.2 Å². The molecule has 0 aliphatic heterocycles. The lowest BCUT2D eigenvalue weighted by atomic mass is 10.1. The normalized spacial score (nSPS) is 10.4. The number of halogens is 2. The number of nitrogens with one attached hydrogen (secondary N) is 2. The van der Waals surface area contributed by atoms with Crippen LogP contribution in [0.3, 0.4) is 0 Å². The van der Waals surface area contributed by atoms with Gasteiger partial charge in [-0.1, -0.05) is 23.7 Å². The van der Waals surface area contributed by atoms with Gasteiger partial charge in [0.1, 0.15) is 5.82 Å². The number of anilines is 1. The smallest absolute Gasteiger partial charge is 0.260 e. The van der Waals surface area contributed by atoms with Gasteiger partial charge in [-0.3, -0.25) is 9.59 Å². The molecule has 0 atom stereocenters. The van der Waals surface area contributed by atoms with Crippen molar-refractivity contribution in [3.8, 4) is 0 Å². The van der Waals surface area contributed by atoms with E-state index in [9.17, 15) is 14.0 Å². The minimum absolute atomic E-state index is 0.0741. The van der Waals surface area contributed by atoms with E-state index in [-0.39, 0.29) is 16.5 Å². The maximum atomic E-state index is 14.0. The van der Waals surface area contributed by atoms with Crippen LogP contribution in [0, 0.1) is 19.7 Å². The van der Waals surface area contributed by atoms with Gasteiger partial charge in [0.15, 0.2) is 0 Å². The Morgan fingerprint density at radius 2 is 1.75 bits per heavy atom. The highest BCUT2D eigenvalue weighted by atomic mass is 35.5. The van der Waals surface area contributed by atoms with E-state index >= 15 is 0 Å². The predicted octanol–water partition coefficient (Wildman–Crippen LogP) is 4.10. The largest absolute Gasteiger partial charge is 0.352 e. The first kappa shape index (κ1) is 17.9. The molecule has 0 saturated heterocycles. The molecular formula is C18H18ClFN2O2. The number of aryl methyl sites for hydroxylation is 2. The number of amides is 2. The summed E-state index contributed by atoms with van der Waals surface area (Å²) in [7, 11) is 0. The molecule has 0 aromatic heterocycles. The van der Waals surface area contributed by atoms with Crippen LogP contribution in [0.4, 0.5) is 10.1 Å². The monoisotopic (exact) mass is 348 g/mol. The molecule has 24 heavy (non-hydrogen) atoms. The van der Waals surface area contributed by atoms with Gasteiger partial charge < -0.3 is 10.6 Å². The number of carbonyl (C=O) groups excluding carboxylic acids is 2. The van der Waals surface area contributed by atoms with Crippen molar-refractivity contribution in [1.29, 1.82) is 0 Å². The number of benzene rings is 2. The second-order valence-electron chi connectivity index (χ2n) is 5.40. The van der Waals surface area contributed by atoms with Crippen molar-refractivity contribution in [2.24, 2.45) is 0 Å². The molecule has 0 radical (unpaired) electrons. The SMILES string of the molecule is CCNC(=O)c1ccc(C)c(NC(=O)c2c(F)ccc(C)c2Cl)c1. The van der Waals surface area contributed by atoms with E-state index in [4.69, 9.17) is 11.6 Å². The van der Waals surface area contributed by atoms with Crippen molar-refractivity contribution >= 4 is 29.1 Å². The molecule has 2 aromatic carbocycles. The summed E-state index contributed by atoms with van der Waals surface area (Å²) in [6.45, 7) is 5.79. The molecule has 2 aromatic rings. The maximum Gasteiger partial charge on any atom is 0.260 e. The Bertz CT molecular complexity index is 806. The molecule has 0 spiro atoms. The molecular weight excluding hydrogens is 331 g/mol. The fourth-order valence-corrected chi connectivity index (χ4v) is 2.45. The lowest BCUT2D eigenvalue weighted by molar-refractivity contribution is 0.0954. The Hall–Kier alpha value is -2.40. The van der Waals surface area contributed by atoms with Gasteiger partial charge in [-0.15, -0.1) is 0 Å². The van der Waals surface area contributed by atoms with Gasteiger partial charge in [-0.05, 0) is 50.1 Å². The molecule has 126 valence electrons. The van der Waals surface area contributed by atoms with Gasteiger partial charge >= 0.3 is 0 Å². The number of hydrogen-bond acceptors (Lipinski definition) is 2. The third kappa shape index (κ3) is 3.74. The molecule has 2 rings (SSSR count). The average molecular weight is 349 g/mol. The molecule has 2 amide bonds. The van der Waals surface area contributed by atoms with Crippen molar-refractivity contribution in [1.82, 2.24) is 5.32 Å². The van der Waals surface area contributed by atoms with Crippen LogP contribution in [0.1, 0.15) is 38.8 Å². The predicted molar refractivity (Wildman–Crippen MR) is 93.3 cm³/mol. The molecule has 0 fully saturated rings. The average Bonchev–Trinajstić information content (AvgIpc) is 2.53. The van der Waals surface area contributed by atoms with Gasteiger partial charge in [0.05, 0.1) is 10.6 Å². The van der Waals surface area contributed by atoms with Gasteiger partial charge in [0, 0.05) is 17.8 Å². The second-order valence-corrected chi connectivity index (χ2v) is 5.77. The molecule has 0 heterocycles. The zero-order chi connectivity index (χ0) is 17.9. The summed E-state index contributed by atoms with van der Waals surface area (Å²) in [5.41, 5.74) is 1.99. The minimum atomic E-state index is -0.694. The van der Waals surface area contributed by atoms with Crippen LogP contribution in [-0.2, 0) is 0 Å². The van der Waals surface area contributed by atoms with E-state index in [0.717, 1.165) is 5.56 Å². The van der Waals surface area contributed by atoms with Crippen molar-refractivity contribution in [3.63, 3.8) is 0 Å². The third-order valence-corrected chi connectivity index (χ3v) is 4.08. The lowest BCUT2D eigenvalue weighted by Crippen LogP contribution is -2.23. The van der Waals surface area contributed by atoms with Gasteiger partial charge in [-0.2, -0.15) is 0 Å². The fourth-order valence-electron chi connectivity index (χ4n) is 2.21. The Labute approximate surface area is 145 Å². The molecule has 0 aliphatic rings. The quantitative estimate of drug-likeness (QED) is 0.874. The molecule has 0 saturated carbocycles.